The maximum atomic E-state index is 14.7. The molecule has 1 aliphatic rings. The quantitative estimate of drug-likeness (QED) is 0.651. The molecule has 0 atom stereocenters. The Bertz CT molecular complexity index is 736. The van der Waals surface area contributed by atoms with E-state index in [-0.39, 0.29) is 5.56 Å². The van der Waals surface area contributed by atoms with E-state index in [4.69, 9.17) is 9.31 Å². The third-order valence-corrected chi connectivity index (χ3v) is 4.29. The normalized spacial score (nSPS) is 19.6. The average molecular weight is 348 g/mol. The van der Waals surface area contributed by atoms with Crippen LogP contribution in [0, 0.1) is 17.7 Å². The summed E-state index contributed by atoms with van der Waals surface area (Å²) in [7, 11) is -1.16. The SMILES string of the molecule is CC(C)(O)C#Cc1ccc(F)cc1C=C(F)B1OC(C)(C)C(C)(C)O1. The Labute approximate surface area is 148 Å². The molecule has 0 saturated carbocycles. The van der Waals surface area contributed by atoms with Crippen molar-refractivity contribution in [1.82, 2.24) is 0 Å². The van der Waals surface area contributed by atoms with Gasteiger partial charge in [0, 0.05) is 5.56 Å². The van der Waals surface area contributed by atoms with Crippen molar-refractivity contribution >= 4 is 13.2 Å². The van der Waals surface area contributed by atoms with Gasteiger partial charge in [-0.15, -0.1) is 0 Å². The Hall–Kier alpha value is -1.68. The van der Waals surface area contributed by atoms with Gasteiger partial charge in [0.05, 0.1) is 11.2 Å². The van der Waals surface area contributed by atoms with Crippen LogP contribution in [-0.2, 0) is 9.31 Å². The van der Waals surface area contributed by atoms with Gasteiger partial charge in [-0.05, 0) is 71.4 Å². The van der Waals surface area contributed by atoms with Gasteiger partial charge in [0.1, 0.15) is 17.1 Å². The molecule has 0 aliphatic carbocycles. The summed E-state index contributed by atoms with van der Waals surface area (Å²) in [5.74, 6) is 4.87. The summed E-state index contributed by atoms with van der Waals surface area (Å²) in [5.41, 5.74) is -2.57. The second-order valence-electron chi connectivity index (χ2n) is 7.66. The summed E-state index contributed by atoms with van der Waals surface area (Å²) in [6.45, 7) is 10.4. The predicted octanol–water partition coefficient (Wildman–Crippen LogP) is 3.89. The van der Waals surface area contributed by atoms with E-state index in [1.54, 1.807) is 0 Å². The van der Waals surface area contributed by atoms with Gasteiger partial charge in [-0.2, -0.15) is 0 Å². The molecule has 1 aromatic carbocycles. The van der Waals surface area contributed by atoms with Crippen LogP contribution in [0.1, 0.15) is 52.7 Å². The molecule has 1 N–H and O–H groups in total. The number of benzene rings is 1. The summed E-state index contributed by atoms with van der Waals surface area (Å²) >= 11 is 0. The largest absolute Gasteiger partial charge is 0.525 e. The van der Waals surface area contributed by atoms with Crippen LogP contribution in [0.5, 0.6) is 0 Å². The van der Waals surface area contributed by atoms with Crippen molar-refractivity contribution in [2.24, 2.45) is 0 Å². The van der Waals surface area contributed by atoms with Crippen molar-refractivity contribution in [1.29, 1.82) is 0 Å². The van der Waals surface area contributed by atoms with Gasteiger partial charge < -0.3 is 14.4 Å². The van der Waals surface area contributed by atoms with E-state index >= 15 is 0 Å². The van der Waals surface area contributed by atoms with Gasteiger partial charge in [0.2, 0.25) is 0 Å². The Balaban J connectivity index is 2.37. The zero-order valence-electron chi connectivity index (χ0n) is 15.4. The average Bonchev–Trinajstić information content (AvgIpc) is 2.65. The molecular weight excluding hydrogens is 325 g/mol. The maximum Gasteiger partial charge on any atom is 0.525 e. The van der Waals surface area contributed by atoms with E-state index in [1.165, 1.54) is 32.0 Å². The fraction of sp³-hybridized carbons (Fsp3) is 0.474. The first-order chi connectivity index (χ1) is 11.3. The van der Waals surface area contributed by atoms with Crippen molar-refractivity contribution in [3.63, 3.8) is 0 Å². The highest BCUT2D eigenvalue weighted by Gasteiger charge is 2.53. The van der Waals surface area contributed by atoms with Crippen molar-refractivity contribution in [2.75, 3.05) is 0 Å². The third-order valence-electron chi connectivity index (χ3n) is 4.29. The van der Waals surface area contributed by atoms with Gasteiger partial charge in [-0.25, -0.2) is 8.78 Å². The molecule has 0 unspecified atom stereocenters. The van der Waals surface area contributed by atoms with E-state index in [0.29, 0.717) is 5.56 Å². The van der Waals surface area contributed by atoms with Crippen LogP contribution in [-0.4, -0.2) is 29.0 Å². The molecule has 1 fully saturated rings. The molecule has 3 nitrogen and oxygen atoms in total. The van der Waals surface area contributed by atoms with Crippen LogP contribution >= 0.6 is 0 Å². The first kappa shape index (κ1) is 19.6. The monoisotopic (exact) mass is 348 g/mol. The lowest BCUT2D eigenvalue weighted by molar-refractivity contribution is 0.00578. The second-order valence-corrected chi connectivity index (χ2v) is 7.66. The molecule has 134 valence electrons. The molecule has 1 heterocycles. The highest BCUT2D eigenvalue weighted by molar-refractivity contribution is 6.54. The van der Waals surface area contributed by atoms with E-state index < -0.39 is 35.5 Å². The van der Waals surface area contributed by atoms with Crippen molar-refractivity contribution in [3.8, 4) is 11.8 Å². The van der Waals surface area contributed by atoms with Gasteiger partial charge in [-0.3, -0.25) is 0 Å². The number of hydrogen-bond donors (Lipinski definition) is 1. The molecule has 1 aromatic rings. The first-order valence-corrected chi connectivity index (χ1v) is 8.09. The van der Waals surface area contributed by atoms with Crippen LogP contribution in [0.15, 0.2) is 23.9 Å². The number of aliphatic hydroxyl groups is 1. The van der Waals surface area contributed by atoms with Gasteiger partial charge in [-0.1, -0.05) is 11.8 Å². The molecule has 25 heavy (non-hydrogen) atoms. The van der Waals surface area contributed by atoms with Gasteiger partial charge >= 0.3 is 7.12 Å². The topological polar surface area (TPSA) is 38.7 Å². The molecule has 1 saturated heterocycles. The molecule has 0 amide bonds. The van der Waals surface area contributed by atoms with Crippen LogP contribution in [0.3, 0.4) is 0 Å². The van der Waals surface area contributed by atoms with Crippen molar-refractivity contribution in [2.45, 2.75) is 58.3 Å². The smallest absolute Gasteiger partial charge is 0.398 e. The van der Waals surface area contributed by atoms with E-state index in [9.17, 15) is 13.9 Å². The molecule has 2 rings (SSSR count). The Morgan fingerprint density at radius 3 is 2.28 bits per heavy atom. The summed E-state index contributed by atoms with van der Waals surface area (Å²) in [6, 6.07) is 3.86. The zero-order valence-corrected chi connectivity index (χ0v) is 15.4. The predicted molar refractivity (Wildman–Crippen MR) is 94.7 cm³/mol. The Kier molecular flexibility index (Phi) is 5.16. The zero-order chi connectivity index (χ0) is 19.0. The van der Waals surface area contributed by atoms with E-state index in [1.807, 2.05) is 27.7 Å². The lowest BCUT2D eigenvalue weighted by atomic mass is 9.86. The highest BCUT2D eigenvalue weighted by atomic mass is 19.1. The van der Waals surface area contributed by atoms with Gasteiger partial charge in [0.25, 0.3) is 0 Å². The number of rotatable bonds is 2. The Morgan fingerprint density at radius 2 is 1.76 bits per heavy atom. The number of hydrogen-bond acceptors (Lipinski definition) is 3. The van der Waals surface area contributed by atoms with Crippen molar-refractivity contribution in [3.05, 3.63) is 40.9 Å². The minimum atomic E-state index is -1.21. The minimum Gasteiger partial charge on any atom is -0.398 e. The van der Waals surface area contributed by atoms with Gasteiger partial charge in [0.15, 0.2) is 0 Å². The van der Waals surface area contributed by atoms with Crippen LogP contribution in [0.2, 0.25) is 0 Å². The molecule has 6 heteroatoms. The fourth-order valence-electron chi connectivity index (χ4n) is 2.16. The van der Waals surface area contributed by atoms with E-state index in [2.05, 4.69) is 11.8 Å². The number of halogens is 2. The van der Waals surface area contributed by atoms with Crippen LogP contribution < -0.4 is 0 Å². The fourth-order valence-corrected chi connectivity index (χ4v) is 2.16. The summed E-state index contributed by atoms with van der Waals surface area (Å²) < 4.78 is 39.5. The molecular formula is C19H23BF2O3. The first-order valence-electron chi connectivity index (χ1n) is 8.09. The standard InChI is InChI=1S/C19H23BF2O3/c1-17(2,23)10-9-13-7-8-15(21)11-14(13)12-16(22)20-24-18(3,4)19(5,6)25-20/h7-8,11-12,23H,1-6H3. The molecule has 0 bridgehead atoms. The lowest BCUT2D eigenvalue weighted by Crippen LogP contribution is -2.41. The summed E-state index contributed by atoms with van der Waals surface area (Å²) in [6.07, 6.45) is 1.15. The second kappa shape index (κ2) is 6.56. The maximum absolute atomic E-state index is 14.7. The summed E-state index contributed by atoms with van der Waals surface area (Å²) in [4.78, 5) is 0. The molecule has 0 radical (unpaired) electrons. The Morgan fingerprint density at radius 1 is 1.20 bits per heavy atom. The van der Waals surface area contributed by atoms with Crippen molar-refractivity contribution < 1.29 is 23.2 Å². The van der Waals surface area contributed by atoms with Crippen LogP contribution in [0.4, 0.5) is 8.78 Å². The highest BCUT2D eigenvalue weighted by Crippen LogP contribution is 2.39. The summed E-state index contributed by atoms with van der Waals surface area (Å²) in [5, 5.41) is 9.72. The van der Waals surface area contributed by atoms with Crippen LogP contribution in [0.25, 0.3) is 6.08 Å². The minimum absolute atomic E-state index is 0.254. The molecule has 1 aliphatic heterocycles. The molecule has 0 spiro atoms. The third kappa shape index (κ3) is 4.69. The van der Waals surface area contributed by atoms with E-state index in [0.717, 1.165) is 6.08 Å². The lowest BCUT2D eigenvalue weighted by Gasteiger charge is -2.32. The molecule has 0 aromatic heterocycles.